The molecule has 1 saturated carbocycles. The van der Waals surface area contributed by atoms with E-state index >= 15 is 4.79 Å². The van der Waals surface area contributed by atoms with Gasteiger partial charge in [-0.05, 0) is 72.1 Å². The Balaban J connectivity index is 2.06. The van der Waals surface area contributed by atoms with Gasteiger partial charge in [0.1, 0.15) is 17.3 Å². The number of rotatable bonds is 7. The summed E-state index contributed by atoms with van der Waals surface area (Å²) in [6, 6.07) is 8.87. The van der Waals surface area contributed by atoms with Gasteiger partial charge in [-0.3, -0.25) is 14.4 Å². The second-order valence-electron chi connectivity index (χ2n) is 13.1. The Labute approximate surface area is 227 Å². The van der Waals surface area contributed by atoms with Gasteiger partial charge in [0.05, 0.1) is 5.60 Å². The fraction of sp³-hybridized carbons (Fsp3) is 0.545. The van der Waals surface area contributed by atoms with Gasteiger partial charge < -0.3 is 9.84 Å². The number of Topliss-reactive ketones (excluding diaryl/α,β-unsaturated/α-hetero) is 3. The highest BCUT2D eigenvalue weighted by atomic mass is 16.5. The van der Waals surface area contributed by atoms with Crippen LogP contribution in [0.5, 0.6) is 0 Å². The molecule has 5 nitrogen and oxygen atoms in total. The normalized spacial score (nSPS) is 29.9. The van der Waals surface area contributed by atoms with Crippen LogP contribution in [-0.2, 0) is 14.3 Å². The Hall–Kier alpha value is -2.79. The highest BCUT2D eigenvalue weighted by Gasteiger charge is 2.75. The second kappa shape index (κ2) is 9.44. The third kappa shape index (κ3) is 4.05. The average molecular weight is 519 g/mol. The number of hydrogen-bond acceptors (Lipinski definition) is 5. The summed E-state index contributed by atoms with van der Waals surface area (Å²) in [5, 5.41) is 10.9. The standard InChI is InChI=1S/C33H42O5/c1-20(2)14-15-23-19-32(26(34)22-12-10-9-11-13-22)28-24(18-25(38-28)31(7,8)37)27(35)33(29(32)36,30(23,5)6)17-16-21(3)4/h9-14,16,23,25,37H,15,17-19H2,1-8H3/t23-,25-,32-,33+/m0/s1. The summed E-state index contributed by atoms with van der Waals surface area (Å²) in [6.45, 7) is 15.3. The van der Waals surface area contributed by atoms with E-state index in [4.69, 9.17) is 4.74 Å². The zero-order valence-corrected chi connectivity index (χ0v) is 24.1. The zero-order chi connectivity index (χ0) is 28.3. The molecule has 0 aromatic heterocycles. The molecule has 4 atom stereocenters. The van der Waals surface area contributed by atoms with Crippen LogP contribution < -0.4 is 0 Å². The summed E-state index contributed by atoms with van der Waals surface area (Å²) in [4.78, 5) is 44.2. The fourth-order valence-electron chi connectivity index (χ4n) is 6.75. The van der Waals surface area contributed by atoms with E-state index in [0.29, 0.717) is 17.6 Å². The Morgan fingerprint density at radius 3 is 2.21 bits per heavy atom. The van der Waals surface area contributed by atoms with Crippen LogP contribution in [0.25, 0.3) is 0 Å². The lowest BCUT2D eigenvalue weighted by Gasteiger charge is -2.59. The first kappa shape index (κ1) is 28.2. The molecular weight excluding hydrogens is 476 g/mol. The Morgan fingerprint density at radius 2 is 1.66 bits per heavy atom. The molecule has 1 aliphatic heterocycles. The van der Waals surface area contributed by atoms with Gasteiger partial charge in [-0.15, -0.1) is 0 Å². The van der Waals surface area contributed by atoms with Crippen molar-refractivity contribution in [3.8, 4) is 0 Å². The van der Waals surface area contributed by atoms with Gasteiger partial charge in [0.25, 0.3) is 0 Å². The molecule has 2 bridgehead atoms. The van der Waals surface area contributed by atoms with Gasteiger partial charge in [-0.2, -0.15) is 0 Å². The van der Waals surface area contributed by atoms with Crippen LogP contribution in [0, 0.1) is 22.2 Å². The molecule has 0 saturated heterocycles. The Morgan fingerprint density at radius 1 is 1.05 bits per heavy atom. The lowest BCUT2D eigenvalue weighted by Crippen LogP contribution is -2.68. The number of fused-ring (bicyclic) bond motifs is 3. The third-order valence-corrected chi connectivity index (χ3v) is 9.26. The van der Waals surface area contributed by atoms with Crippen LogP contribution in [0.15, 0.2) is 65.0 Å². The minimum absolute atomic E-state index is 0.129. The van der Waals surface area contributed by atoms with Gasteiger partial charge >= 0.3 is 0 Å². The Bertz CT molecular complexity index is 1250. The van der Waals surface area contributed by atoms with Crippen LogP contribution in [0.1, 0.15) is 91.4 Å². The summed E-state index contributed by atoms with van der Waals surface area (Å²) in [5.74, 6) is -0.867. The molecule has 204 valence electrons. The lowest BCUT2D eigenvalue weighted by molar-refractivity contribution is -0.168. The SMILES string of the molecule is CC(C)=CC[C@H]1C[C@@]2(C(=O)c3ccccc3)C(=O)[C@@](CC=C(C)C)(C(=O)C3=C2O[C@H](C(C)(C)O)C3)C1(C)C. The predicted octanol–water partition coefficient (Wildman–Crippen LogP) is 6.57. The smallest absolute Gasteiger partial charge is 0.184 e. The first-order chi connectivity index (χ1) is 17.6. The minimum Gasteiger partial charge on any atom is -0.489 e. The van der Waals surface area contributed by atoms with E-state index in [1.807, 2.05) is 53.7 Å². The molecule has 3 aliphatic rings. The first-order valence-corrected chi connectivity index (χ1v) is 13.7. The Kier molecular flexibility index (Phi) is 7.01. The molecule has 0 spiro atoms. The molecule has 1 aromatic carbocycles. The number of carbonyl (C=O) groups is 3. The first-order valence-electron chi connectivity index (χ1n) is 13.7. The van der Waals surface area contributed by atoms with Crippen molar-refractivity contribution in [3.05, 3.63) is 70.5 Å². The summed E-state index contributed by atoms with van der Waals surface area (Å²) in [7, 11) is 0. The fourth-order valence-corrected chi connectivity index (χ4v) is 6.75. The van der Waals surface area contributed by atoms with Crippen LogP contribution >= 0.6 is 0 Å². The molecule has 2 aliphatic carbocycles. The average Bonchev–Trinajstić information content (AvgIpc) is 3.30. The van der Waals surface area contributed by atoms with Crippen LogP contribution in [0.3, 0.4) is 0 Å². The molecule has 1 N–H and O–H groups in total. The number of ketones is 3. The van der Waals surface area contributed by atoms with E-state index in [0.717, 1.165) is 11.1 Å². The quantitative estimate of drug-likeness (QED) is 0.251. The van der Waals surface area contributed by atoms with Crippen molar-refractivity contribution >= 4 is 17.3 Å². The van der Waals surface area contributed by atoms with Crippen LogP contribution in [-0.4, -0.2) is 34.2 Å². The summed E-state index contributed by atoms with van der Waals surface area (Å²) < 4.78 is 6.35. The molecule has 1 fully saturated rings. The minimum atomic E-state index is -1.62. The third-order valence-electron chi connectivity index (χ3n) is 9.26. The predicted molar refractivity (Wildman–Crippen MR) is 148 cm³/mol. The van der Waals surface area contributed by atoms with Gasteiger partial charge in [-0.1, -0.05) is 67.5 Å². The maximum atomic E-state index is 15.0. The van der Waals surface area contributed by atoms with E-state index in [1.54, 1.807) is 38.1 Å². The molecule has 0 unspecified atom stereocenters. The molecule has 5 heteroatoms. The topological polar surface area (TPSA) is 80.7 Å². The van der Waals surface area contributed by atoms with Crippen molar-refractivity contribution in [3.63, 3.8) is 0 Å². The van der Waals surface area contributed by atoms with Crippen LogP contribution in [0.2, 0.25) is 0 Å². The van der Waals surface area contributed by atoms with Crippen molar-refractivity contribution in [2.45, 2.75) is 92.8 Å². The summed E-state index contributed by atoms with van der Waals surface area (Å²) >= 11 is 0. The van der Waals surface area contributed by atoms with E-state index in [1.165, 1.54) is 0 Å². The number of allylic oxidation sites excluding steroid dienone is 5. The van der Waals surface area contributed by atoms with Gasteiger partial charge in [-0.25, -0.2) is 0 Å². The van der Waals surface area contributed by atoms with Gasteiger partial charge in [0, 0.05) is 17.6 Å². The molecule has 0 amide bonds. The molecule has 1 aromatic rings. The van der Waals surface area contributed by atoms with Gasteiger partial charge in [0.2, 0.25) is 0 Å². The number of ether oxygens (including phenoxy) is 1. The van der Waals surface area contributed by atoms with Crippen molar-refractivity contribution in [1.82, 2.24) is 0 Å². The maximum absolute atomic E-state index is 15.0. The largest absolute Gasteiger partial charge is 0.489 e. The highest BCUT2D eigenvalue weighted by molar-refractivity contribution is 6.30. The number of aliphatic hydroxyl groups is 1. The van der Waals surface area contributed by atoms with E-state index in [2.05, 4.69) is 6.08 Å². The number of hydrogen-bond donors (Lipinski definition) is 1. The number of carbonyl (C=O) groups excluding carboxylic acids is 3. The van der Waals surface area contributed by atoms with E-state index in [-0.39, 0.29) is 48.3 Å². The lowest BCUT2D eigenvalue weighted by atomic mass is 9.39. The van der Waals surface area contributed by atoms with Crippen molar-refractivity contribution in [2.24, 2.45) is 22.2 Å². The van der Waals surface area contributed by atoms with Crippen molar-refractivity contribution in [1.29, 1.82) is 0 Å². The van der Waals surface area contributed by atoms with E-state index in [9.17, 15) is 14.7 Å². The molecule has 38 heavy (non-hydrogen) atoms. The highest BCUT2D eigenvalue weighted by Crippen LogP contribution is 2.68. The van der Waals surface area contributed by atoms with Crippen LogP contribution in [0.4, 0.5) is 0 Å². The zero-order valence-electron chi connectivity index (χ0n) is 24.1. The van der Waals surface area contributed by atoms with Crippen molar-refractivity contribution < 1.29 is 24.2 Å². The van der Waals surface area contributed by atoms with Crippen molar-refractivity contribution in [2.75, 3.05) is 0 Å². The van der Waals surface area contributed by atoms with E-state index < -0.39 is 27.9 Å². The molecular formula is C33H42O5. The summed E-state index contributed by atoms with van der Waals surface area (Å²) in [6.07, 6.45) is 4.71. The monoisotopic (exact) mass is 518 g/mol. The second-order valence-corrected chi connectivity index (χ2v) is 13.1. The molecule has 4 rings (SSSR count). The molecule has 1 heterocycles. The summed E-state index contributed by atoms with van der Waals surface area (Å²) in [5.41, 5.74) is -2.01. The number of benzene rings is 1. The molecule has 0 radical (unpaired) electrons. The maximum Gasteiger partial charge on any atom is 0.184 e. The van der Waals surface area contributed by atoms with Gasteiger partial charge in [0.15, 0.2) is 22.8 Å².